The van der Waals surface area contributed by atoms with Crippen LogP contribution in [0.2, 0.25) is 0 Å². The molecule has 1 aromatic heterocycles. The Morgan fingerprint density at radius 2 is 2.10 bits per heavy atom. The van der Waals surface area contributed by atoms with E-state index in [0.717, 1.165) is 22.8 Å². The lowest BCUT2D eigenvalue weighted by atomic mass is 10.3. The van der Waals surface area contributed by atoms with Crippen LogP contribution in [0.25, 0.3) is 0 Å². The molecule has 0 radical (unpaired) electrons. The van der Waals surface area contributed by atoms with Gasteiger partial charge in [-0.25, -0.2) is 13.8 Å². The molecule has 0 bridgehead atoms. The Bertz CT molecular complexity index is 572. The monoisotopic (exact) mass is 298 g/mol. The van der Waals surface area contributed by atoms with Crippen molar-refractivity contribution < 1.29 is 13.5 Å². The van der Waals surface area contributed by atoms with E-state index >= 15 is 0 Å². The minimum atomic E-state index is -0.914. The largest absolute Gasteiger partial charge is 0.487 e. The molecular formula is C14H16F2N2OS. The van der Waals surface area contributed by atoms with Crippen LogP contribution in [0, 0.1) is 11.6 Å². The third kappa shape index (κ3) is 4.25. The first kappa shape index (κ1) is 14.9. The molecule has 20 heavy (non-hydrogen) atoms. The molecule has 0 saturated carbocycles. The zero-order valence-electron chi connectivity index (χ0n) is 11.3. The van der Waals surface area contributed by atoms with Crippen LogP contribution in [0.4, 0.5) is 8.78 Å². The van der Waals surface area contributed by atoms with E-state index in [1.165, 1.54) is 6.07 Å². The van der Waals surface area contributed by atoms with Gasteiger partial charge in [0.05, 0.1) is 5.69 Å². The number of nitrogens with zero attached hydrogens (tertiary/aromatic N) is 1. The topological polar surface area (TPSA) is 34.2 Å². The molecule has 0 saturated heterocycles. The van der Waals surface area contributed by atoms with Crippen molar-refractivity contribution in [3.05, 3.63) is 45.9 Å². The predicted molar refractivity (Wildman–Crippen MR) is 74.8 cm³/mol. The predicted octanol–water partition coefficient (Wildman–Crippen LogP) is 3.50. The first-order valence-corrected chi connectivity index (χ1v) is 7.17. The molecule has 2 rings (SSSR count). The molecule has 3 nitrogen and oxygen atoms in total. The molecule has 108 valence electrons. The number of hydrogen-bond acceptors (Lipinski definition) is 4. The Balaban J connectivity index is 1.89. The van der Waals surface area contributed by atoms with Gasteiger partial charge in [0.15, 0.2) is 11.6 Å². The van der Waals surface area contributed by atoms with Gasteiger partial charge in [0, 0.05) is 24.0 Å². The summed E-state index contributed by atoms with van der Waals surface area (Å²) in [6.45, 7) is 5.10. The fourth-order valence-electron chi connectivity index (χ4n) is 1.51. The minimum Gasteiger partial charge on any atom is -0.487 e. The average Bonchev–Trinajstić information content (AvgIpc) is 2.86. The first-order chi connectivity index (χ1) is 9.54. The van der Waals surface area contributed by atoms with Crippen LogP contribution in [-0.4, -0.2) is 11.0 Å². The maximum absolute atomic E-state index is 13.0. The zero-order chi connectivity index (χ0) is 14.5. The van der Waals surface area contributed by atoms with Gasteiger partial charge in [-0.2, -0.15) is 0 Å². The zero-order valence-corrected chi connectivity index (χ0v) is 12.1. The Kier molecular flexibility index (Phi) is 5.03. The fourth-order valence-corrected chi connectivity index (χ4v) is 2.24. The Hall–Kier alpha value is -1.53. The van der Waals surface area contributed by atoms with Crippen molar-refractivity contribution >= 4 is 11.3 Å². The second-order valence-electron chi connectivity index (χ2n) is 4.63. The van der Waals surface area contributed by atoms with E-state index in [0.29, 0.717) is 18.3 Å². The highest BCUT2D eigenvalue weighted by Crippen LogP contribution is 2.17. The molecule has 0 aliphatic rings. The molecule has 1 heterocycles. The summed E-state index contributed by atoms with van der Waals surface area (Å²) in [5.74, 6) is -1.51. The molecule has 0 fully saturated rings. The van der Waals surface area contributed by atoms with Crippen molar-refractivity contribution in [2.75, 3.05) is 0 Å². The minimum absolute atomic E-state index is 0.239. The summed E-state index contributed by atoms with van der Waals surface area (Å²) in [6, 6.07) is 3.87. The highest BCUT2D eigenvalue weighted by molar-refractivity contribution is 7.09. The third-order valence-corrected chi connectivity index (χ3v) is 3.44. The highest BCUT2D eigenvalue weighted by atomic mass is 32.1. The Morgan fingerprint density at radius 3 is 2.80 bits per heavy atom. The number of thiazole rings is 1. The standard InChI is InChI=1S/C14H16F2N2OS/c1-9(2)17-6-14-18-10(8-20-14)7-19-11-3-4-12(15)13(16)5-11/h3-5,8-9,17H,6-7H2,1-2H3. The highest BCUT2D eigenvalue weighted by Gasteiger charge is 2.06. The van der Waals surface area contributed by atoms with Crippen LogP contribution in [0.1, 0.15) is 24.5 Å². The average molecular weight is 298 g/mol. The molecule has 0 aliphatic carbocycles. The molecule has 0 spiro atoms. The molecular weight excluding hydrogens is 282 g/mol. The van der Waals surface area contributed by atoms with Crippen molar-refractivity contribution in [3.8, 4) is 5.75 Å². The van der Waals surface area contributed by atoms with Gasteiger partial charge in [0.1, 0.15) is 17.4 Å². The Labute approximate surface area is 120 Å². The third-order valence-electron chi connectivity index (χ3n) is 2.54. The van der Waals surface area contributed by atoms with Crippen molar-refractivity contribution in [3.63, 3.8) is 0 Å². The lowest BCUT2D eigenvalue weighted by Gasteiger charge is -2.05. The van der Waals surface area contributed by atoms with E-state index in [9.17, 15) is 8.78 Å². The summed E-state index contributed by atoms with van der Waals surface area (Å²) >= 11 is 1.54. The van der Waals surface area contributed by atoms with Crippen molar-refractivity contribution in [2.45, 2.75) is 33.0 Å². The van der Waals surface area contributed by atoms with Crippen LogP contribution in [0.5, 0.6) is 5.75 Å². The number of aromatic nitrogens is 1. The van der Waals surface area contributed by atoms with Crippen LogP contribution in [0.3, 0.4) is 0 Å². The number of halogens is 2. The lowest BCUT2D eigenvalue weighted by Crippen LogP contribution is -2.21. The van der Waals surface area contributed by atoms with Crippen molar-refractivity contribution in [1.82, 2.24) is 10.3 Å². The SMILES string of the molecule is CC(C)NCc1nc(COc2ccc(F)c(F)c2)cs1. The molecule has 6 heteroatoms. The summed E-state index contributed by atoms with van der Waals surface area (Å²) in [4.78, 5) is 4.40. The van der Waals surface area contributed by atoms with Crippen LogP contribution < -0.4 is 10.1 Å². The number of ether oxygens (including phenoxy) is 1. The Morgan fingerprint density at radius 1 is 1.30 bits per heavy atom. The van der Waals surface area contributed by atoms with Gasteiger partial charge in [0.25, 0.3) is 0 Å². The summed E-state index contributed by atoms with van der Waals surface area (Å²) in [7, 11) is 0. The van der Waals surface area contributed by atoms with E-state index in [1.54, 1.807) is 11.3 Å². The summed E-state index contributed by atoms with van der Waals surface area (Å²) in [5.41, 5.74) is 0.778. The number of benzene rings is 1. The van der Waals surface area contributed by atoms with E-state index in [-0.39, 0.29) is 6.61 Å². The quantitative estimate of drug-likeness (QED) is 0.886. The van der Waals surface area contributed by atoms with E-state index < -0.39 is 11.6 Å². The van der Waals surface area contributed by atoms with Crippen LogP contribution in [0.15, 0.2) is 23.6 Å². The molecule has 1 N–H and O–H groups in total. The maximum Gasteiger partial charge on any atom is 0.162 e. The van der Waals surface area contributed by atoms with E-state index in [4.69, 9.17) is 4.74 Å². The number of hydrogen-bond donors (Lipinski definition) is 1. The van der Waals surface area contributed by atoms with Crippen LogP contribution >= 0.6 is 11.3 Å². The van der Waals surface area contributed by atoms with Gasteiger partial charge in [-0.05, 0) is 12.1 Å². The summed E-state index contributed by atoms with van der Waals surface area (Å²) in [6.07, 6.45) is 0. The van der Waals surface area contributed by atoms with Crippen molar-refractivity contribution in [1.29, 1.82) is 0 Å². The summed E-state index contributed by atoms with van der Waals surface area (Å²) in [5, 5.41) is 6.15. The lowest BCUT2D eigenvalue weighted by molar-refractivity contribution is 0.299. The van der Waals surface area contributed by atoms with Crippen LogP contribution in [-0.2, 0) is 13.2 Å². The molecule has 1 aromatic carbocycles. The van der Waals surface area contributed by atoms with Gasteiger partial charge in [-0.15, -0.1) is 11.3 Å². The summed E-state index contributed by atoms with van der Waals surface area (Å²) < 4.78 is 31.2. The van der Waals surface area contributed by atoms with Crippen molar-refractivity contribution in [2.24, 2.45) is 0 Å². The normalized spacial score (nSPS) is 11.1. The van der Waals surface area contributed by atoms with E-state index in [2.05, 4.69) is 24.1 Å². The molecule has 0 atom stereocenters. The van der Waals surface area contributed by atoms with E-state index in [1.807, 2.05) is 5.38 Å². The number of rotatable bonds is 6. The smallest absolute Gasteiger partial charge is 0.162 e. The van der Waals surface area contributed by atoms with Gasteiger partial charge in [-0.3, -0.25) is 0 Å². The number of nitrogens with one attached hydrogen (secondary N) is 1. The molecule has 2 aromatic rings. The second-order valence-corrected chi connectivity index (χ2v) is 5.58. The first-order valence-electron chi connectivity index (χ1n) is 6.29. The fraction of sp³-hybridized carbons (Fsp3) is 0.357. The van der Waals surface area contributed by atoms with Gasteiger partial charge < -0.3 is 10.1 Å². The molecule has 0 aliphatic heterocycles. The van der Waals surface area contributed by atoms with Gasteiger partial charge in [0.2, 0.25) is 0 Å². The van der Waals surface area contributed by atoms with Gasteiger partial charge in [-0.1, -0.05) is 13.8 Å². The second kappa shape index (κ2) is 6.76. The van der Waals surface area contributed by atoms with Gasteiger partial charge >= 0.3 is 0 Å². The maximum atomic E-state index is 13.0. The molecule has 0 amide bonds. The molecule has 0 unspecified atom stereocenters.